The van der Waals surface area contributed by atoms with Crippen LogP contribution in [0.1, 0.15) is 25.8 Å². The molecule has 0 atom stereocenters. The Labute approximate surface area is 115 Å². The molecule has 106 valence electrons. The van der Waals surface area contributed by atoms with Crippen LogP contribution < -0.4 is 10.1 Å². The van der Waals surface area contributed by atoms with Crippen molar-refractivity contribution in [2.24, 2.45) is 0 Å². The summed E-state index contributed by atoms with van der Waals surface area (Å²) in [5.74, 6) is 0.606. The summed E-state index contributed by atoms with van der Waals surface area (Å²) >= 11 is 0. The fourth-order valence-electron chi connectivity index (χ4n) is 1.45. The highest BCUT2D eigenvalue weighted by molar-refractivity contribution is 5.77. The van der Waals surface area contributed by atoms with Crippen molar-refractivity contribution in [1.29, 1.82) is 0 Å². The first-order chi connectivity index (χ1) is 9.08. The first-order valence-electron chi connectivity index (χ1n) is 6.65. The number of hydrogen-bond donors (Lipinski definition) is 1. The van der Waals surface area contributed by atoms with Crippen LogP contribution in [0.25, 0.3) is 0 Å². The molecule has 0 radical (unpaired) electrons. The first kappa shape index (κ1) is 15.5. The molecule has 0 unspecified atom stereocenters. The first-order valence-corrected chi connectivity index (χ1v) is 6.65. The van der Waals surface area contributed by atoms with E-state index in [1.165, 1.54) is 5.56 Å². The van der Waals surface area contributed by atoms with E-state index in [0.29, 0.717) is 18.9 Å². The molecule has 0 saturated carbocycles. The molecule has 0 aliphatic rings. The quantitative estimate of drug-likeness (QED) is 0.734. The zero-order chi connectivity index (χ0) is 14.1. The van der Waals surface area contributed by atoms with E-state index in [4.69, 9.17) is 9.47 Å². The lowest BCUT2D eigenvalue weighted by atomic mass is 10.2. The van der Waals surface area contributed by atoms with Gasteiger partial charge in [-0.3, -0.25) is 4.79 Å². The van der Waals surface area contributed by atoms with Crippen molar-refractivity contribution in [1.82, 2.24) is 5.32 Å². The lowest BCUT2D eigenvalue weighted by Gasteiger charge is -2.09. The van der Waals surface area contributed by atoms with E-state index in [0.717, 1.165) is 6.42 Å². The summed E-state index contributed by atoms with van der Waals surface area (Å²) in [5.41, 5.74) is 1.17. The van der Waals surface area contributed by atoms with E-state index in [1.807, 2.05) is 45.0 Å². The summed E-state index contributed by atoms with van der Waals surface area (Å²) in [6.45, 7) is 7.32. The van der Waals surface area contributed by atoms with Crippen LogP contribution in [-0.2, 0) is 9.53 Å². The number of ether oxygens (including phenoxy) is 2. The molecule has 1 aromatic carbocycles. The number of nitrogens with one attached hydrogen (secondary N) is 1. The minimum Gasteiger partial charge on any atom is -0.484 e. The van der Waals surface area contributed by atoms with E-state index in [9.17, 15) is 4.79 Å². The van der Waals surface area contributed by atoms with Gasteiger partial charge >= 0.3 is 0 Å². The van der Waals surface area contributed by atoms with Crippen molar-refractivity contribution in [3.8, 4) is 5.75 Å². The monoisotopic (exact) mass is 265 g/mol. The molecule has 0 spiro atoms. The standard InChI is InChI=1S/C15H23NO3/c1-12(2)18-10-4-9-16-15(17)11-19-14-7-5-13(3)6-8-14/h5-8,12H,4,9-11H2,1-3H3,(H,16,17). The van der Waals surface area contributed by atoms with Crippen LogP contribution in [0.4, 0.5) is 0 Å². The highest BCUT2D eigenvalue weighted by Crippen LogP contribution is 2.10. The molecule has 4 heteroatoms. The van der Waals surface area contributed by atoms with Gasteiger partial charge < -0.3 is 14.8 Å². The maximum atomic E-state index is 11.5. The Morgan fingerprint density at radius 1 is 1.26 bits per heavy atom. The number of rotatable bonds is 8. The second-order valence-electron chi connectivity index (χ2n) is 4.72. The molecule has 0 aromatic heterocycles. The largest absolute Gasteiger partial charge is 0.484 e. The normalized spacial score (nSPS) is 10.5. The molecular weight excluding hydrogens is 242 g/mol. The molecule has 1 aromatic rings. The van der Waals surface area contributed by atoms with Gasteiger partial charge in [-0.05, 0) is 39.3 Å². The highest BCUT2D eigenvalue weighted by atomic mass is 16.5. The molecule has 0 heterocycles. The fraction of sp³-hybridized carbons (Fsp3) is 0.533. The number of amides is 1. The van der Waals surface area contributed by atoms with E-state index in [1.54, 1.807) is 0 Å². The Hall–Kier alpha value is -1.55. The minimum atomic E-state index is -0.106. The van der Waals surface area contributed by atoms with Crippen molar-refractivity contribution in [3.05, 3.63) is 29.8 Å². The molecule has 0 fully saturated rings. The summed E-state index contributed by atoms with van der Waals surface area (Å²) in [4.78, 5) is 11.5. The zero-order valence-electron chi connectivity index (χ0n) is 11.9. The van der Waals surface area contributed by atoms with Crippen molar-refractivity contribution in [3.63, 3.8) is 0 Å². The molecule has 4 nitrogen and oxygen atoms in total. The number of carbonyl (C=O) groups is 1. The van der Waals surface area contributed by atoms with Crippen molar-refractivity contribution < 1.29 is 14.3 Å². The molecule has 19 heavy (non-hydrogen) atoms. The van der Waals surface area contributed by atoms with E-state index in [2.05, 4.69) is 5.32 Å². The van der Waals surface area contributed by atoms with Crippen LogP contribution in [0, 0.1) is 6.92 Å². The Balaban J connectivity index is 2.09. The Morgan fingerprint density at radius 2 is 1.95 bits per heavy atom. The van der Waals surface area contributed by atoms with E-state index in [-0.39, 0.29) is 18.6 Å². The molecule has 0 aliphatic heterocycles. The van der Waals surface area contributed by atoms with Gasteiger partial charge in [-0.2, -0.15) is 0 Å². The number of hydrogen-bond acceptors (Lipinski definition) is 3. The van der Waals surface area contributed by atoms with Gasteiger partial charge in [0.15, 0.2) is 6.61 Å². The molecule has 0 aliphatic carbocycles. The summed E-state index contributed by atoms with van der Waals surface area (Å²) in [6.07, 6.45) is 1.05. The number of aryl methyl sites for hydroxylation is 1. The van der Waals surface area contributed by atoms with Gasteiger partial charge in [-0.15, -0.1) is 0 Å². The van der Waals surface area contributed by atoms with Gasteiger partial charge in [0.1, 0.15) is 5.75 Å². The van der Waals surface area contributed by atoms with Crippen molar-refractivity contribution >= 4 is 5.91 Å². The second kappa shape index (κ2) is 8.53. The average molecular weight is 265 g/mol. The van der Waals surface area contributed by atoms with Crippen LogP contribution in [0.15, 0.2) is 24.3 Å². The minimum absolute atomic E-state index is 0.0497. The van der Waals surface area contributed by atoms with Crippen LogP contribution in [0.5, 0.6) is 5.75 Å². The van der Waals surface area contributed by atoms with Crippen LogP contribution in [0.2, 0.25) is 0 Å². The van der Waals surface area contributed by atoms with Crippen LogP contribution in [-0.4, -0.2) is 31.8 Å². The van der Waals surface area contributed by atoms with Crippen molar-refractivity contribution in [2.45, 2.75) is 33.3 Å². The lowest BCUT2D eigenvalue weighted by molar-refractivity contribution is -0.123. The molecule has 1 amide bonds. The summed E-state index contributed by atoms with van der Waals surface area (Å²) in [5, 5.41) is 2.79. The third-order valence-electron chi connectivity index (χ3n) is 2.49. The fourth-order valence-corrected chi connectivity index (χ4v) is 1.45. The Kier molecular flexibility index (Phi) is 6.97. The van der Waals surface area contributed by atoms with E-state index >= 15 is 0 Å². The number of carbonyl (C=O) groups excluding carboxylic acids is 1. The molecule has 1 N–H and O–H groups in total. The van der Waals surface area contributed by atoms with Gasteiger partial charge in [0, 0.05) is 13.2 Å². The summed E-state index contributed by atoms with van der Waals surface area (Å²) in [7, 11) is 0. The molecule has 0 saturated heterocycles. The Bertz CT molecular complexity index is 373. The SMILES string of the molecule is Cc1ccc(OCC(=O)NCCCOC(C)C)cc1. The van der Waals surface area contributed by atoms with Crippen molar-refractivity contribution in [2.75, 3.05) is 19.8 Å². The smallest absolute Gasteiger partial charge is 0.257 e. The van der Waals surface area contributed by atoms with E-state index < -0.39 is 0 Å². The van der Waals surface area contributed by atoms with Gasteiger partial charge in [0.05, 0.1) is 6.10 Å². The predicted octanol–water partition coefficient (Wildman–Crippen LogP) is 2.31. The molecular formula is C15H23NO3. The average Bonchev–Trinajstić information content (AvgIpc) is 2.37. The molecule has 0 bridgehead atoms. The summed E-state index contributed by atoms with van der Waals surface area (Å²) < 4.78 is 10.8. The second-order valence-corrected chi connectivity index (χ2v) is 4.72. The van der Waals surface area contributed by atoms with Crippen LogP contribution >= 0.6 is 0 Å². The van der Waals surface area contributed by atoms with Gasteiger partial charge in [-0.25, -0.2) is 0 Å². The van der Waals surface area contributed by atoms with Gasteiger partial charge in [0.2, 0.25) is 0 Å². The number of benzene rings is 1. The summed E-state index contributed by atoms with van der Waals surface area (Å²) in [6, 6.07) is 7.63. The van der Waals surface area contributed by atoms with Gasteiger partial charge in [-0.1, -0.05) is 17.7 Å². The van der Waals surface area contributed by atoms with Crippen LogP contribution in [0.3, 0.4) is 0 Å². The Morgan fingerprint density at radius 3 is 2.58 bits per heavy atom. The third kappa shape index (κ3) is 7.47. The maximum Gasteiger partial charge on any atom is 0.257 e. The lowest BCUT2D eigenvalue weighted by Crippen LogP contribution is -2.30. The highest BCUT2D eigenvalue weighted by Gasteiger charge is 2.02. The molecule has 1 rings (SSSR count). The third-order valence-corrected chi connectivity index (χ3v) is 2.49. The maximum absolute atomic E-state index is 11.5. The topological polar surface area (TPSA) is 47.6 Å². The van der Waals surface area contributed by atoms with Gasteiger partial charge in [0.25, 0.3) is 5.91 Å². The predicted molar refractivity (Wildman–Crippen MR) is 75.4 cm³/mol. The zero-order valence-corrected chi connectivity index (χ0v) is 11.9.